The van der Waals surface area contributed by atoms with Gasteiger partial charge in [-0.3, -0.25) is 9.20 Å². The summed E-state index contributed by atoms with van der Waals surface area (Å²) in [5, 5.41) is 7.19. The van der Waals surface area contributed by atoms with Gasteiger partial charge in [-0.25, -0.2) is 4.79 Å². The van der Waals surface area contributed by atoms with Gasteiger partial charge in [0.25, 0.3) is 0 Å². The lowest BCUT2D eigenvalue weighted by molar-refractivity contribution is 0.0104. The van der Waals surface area contributed by atoms with Crippen LogP contribution in [0.5, 0.6) is 0 Å². The summed E-state index contributed by atoms with van der Waals surface area (Å²) in [5.41, 5.74) is -0.486. The highest BCUT2D eigenvalue weighted by Crippen LogP contribution is 2.23. The molecule has 176 valence electrons. The van der Waals surface area contributed by atoms with E-state index in [0.29, 0.717) is 12.6 Å². The second-order valence-electron chi connectivity index (χ2n) is 9.08. The number of hydrogen-bond acceptors (Lipinski definition) is 4. The Morgan fingerprint density at radius 1 is 1.20 bits per heavy atom. The van der Waals surface area contributed by atoms with Crippen LogP contribution >= 0.6 is 24.0 Å². The molecule has 0 spiro atoms. The van der Waals surface area contributed by atoms with Gasteiger partial charge in [-0.2, -0.15) is 0 Å². The van der Waals surface area contributed by atoms with E-state index in [1.165, 1.54) is 0 Å². The number of carbonyl (C=O) groups excluding carboxylic acids is 1. The molecule has 1 amide bonds. The van der Waals surface area contributed by atoms with Crippen molar-refractivity contribution in [1.82, 2.24) is 15.5 Å². The van der Waals surface area contributed by atoms with Gasteiger partial charge in [0.2, 0.25) is 0 Å². The van der Waals surface area contributed by atoms with Crippen LogP contribution in [0.4, 0.5) is 4.79 Å². The van der Waals surface area contributed by atoms with E-state index in [1.54, 1.807) is 7.05 Å². The fraction of sp³-hybridized carbons (Fsp3) is 0.905. The number of aliphatic imine (C=N–C) groups is 1. The van der Waals surface area contributed by atoms with Crippen molar-refractivity contribution < 1.29 is 13.7 Å². The zero-order valence-electron chi connectivity index (χ0n) is 19.2. The first-order chi connectivity index (χ1) is 13.7. The lowest BCUT2D eigenvalue weighted by Gasteiger charge is -2.37. The number of halogens is 1. The summed E-state index contributed by atoms with van der Waals surface area (Å²) in [6.45, 7) is 9.08. The van der Waals surface area contributed by atoms with E-state index in [9.17, 15) is 9.00 Å². The number of piperidine rings is 1. The number of nitrogens with one attached hydrogen (secondary N) is 2. The smallest absolute Gasteiger partial charge is 0.410 e. The number of nitrogens with zero attached hydrogens (tertiary/aromatic N) is 2. The SMILES string of the molecule is CCS(=O)C1CCCC(NC(=NC)NCC2CCCCN2C(=O)OC(C)(C)C)C1.I. The van der Waals surface area contributed by atoms with Gasteiger partial charge in [0, 0.05) is 48.0 Å². The summed E-state index contributed by atoms with van der Waals surface area (Å²) in [6.07, 6.45) is 7.01. The second kappa shape index (κ2) is 13.1. The largest absolute Gasteiger partial charge is 0.444 e. The fourth-order valence-corrected chi connectivity index (χ4v) is 5.47. The maximum Gasteiger partial charge on any atom is 0.410 e. The number of hydrogen-bond donors (Lipinski definition) is 2. The summed E-state index contributed by atoms with van der Waals surface area (Å²) < 4.78 is 17.8. The Bertz CT molecular complexity index is 597. The minimum Gasteiger partial charge on any atom is -0.444 e. The topological polar surface area (TPSA) is 83.0 Å². The molecule has 2 fully saturated rings. The quantitative estimate of drug-likeness (QED) is 0.307. The van der Waals surface area contributed by atoms with Crippen molar-refractivity contribution in [2.45, 2.75) is 95.6 Å². The Morgan fingerprint density at radius 2 is 1.93 bits per heavy atom. The summed E-state index contributed by atoms with van der Waals surface area (Å²) in [5.74, 6) is 1.49. The first kappa shape index (κ1) is 27.5. The second-order valence-corrected chi connectivity index (χ2v) is 11.1. The maximum atomic E-state index is 12.6. The Hall–Kier alpha value is -0.580. The van der Waals surface area contributed by atoms with E-state index in [1.807, 2.05) is 32.6 Å². The molecule has 1 saturated heterocycles. The number of guanidine groups is 1. The molecule has 1 aliphatic carbocycles. The standard InChI is InChI=1S/C21H40N4O3S.HI/c1-6-29(27)18-12-9-10-16(14-18)24-19(22-5)23-15-17-11-7-8-13-25(17)20(26)28-21(2,3)4;/h16-18H,6-15H2,1-5H3,(H2,22,23,24);1H. The monoisotopic (exact) mass is 556 g/mol. The van der Waals surface area contributed by atoms with Crippen molar-refractivity contribution in [2.24, 2.45) is 4.99 Å². The van der Waals surface area contributed by atoms with Crippen LogP contribution in [0.3, 0.4) is 0 Å². The molecule has 9 heteroatoms. The van der Waals surface area contributed by atoms with Crippen molar-refractivity contribution in [2.75, 3.05) is 25.9 Å². The van der Waals surface area contributed by atoms with Crippen molar-refractivity contribution >= 4 is 46.8 Å². The van der Waals surface area contributed by atoms with Crippen LogP contribution in [0.15, 0.2) is 4.99 Å². The summed E-state index contributed by atoms with van der Waals surface area (Å²) in [7, 11) is 1.03. The molecule has 1 heterocycles. The number of likely N-dealkylation sites (tertiary alicyclic amines) is 1. The Morgan fingerprint density at radius 3 is 2.57 bits per heavy atom. The molecule has 4 unspecified atom stereocenters. The van der Waals surface area contributed by atoms with Gasteiger partial charge in [-0.1, -0.05) is 13.3 Å². The van der Waals surface area contributed by atoms with E-state index < -0.39 is 16.4 Å². The van der Waals surface area contributed by atoms with Crippen LogP contribution in [-0.4, -0.2) is 70.0 Å². The molecule has 2 N–H and O–H groups in total. The fourth-order valence-electron chi connectivity index (χ4n) is 4.13. The van der Waals surface area contributed by atoms with E-state index in [4.69, 9.17) is 4.74 Å². The molecule has 2 rings (SSSR count). The van der Waals surface area contributed by atoms with Gasteiger partial charge in [0.1, 0.15) is 5.60 Å². The zero-order chi connectivity index (χ0) is 21.4. The van der Waals surface area contributed by atoms with E-state index in [0.717, 1.165) is 63.2 Å². The minimum absolute atomic E-state index is 0. The molecule has 30 heavy (non-hydrogen) atoms. The zero-order valence-corrected chi connectivity index (χ0v) is 22.4. The molecule has 0 aromatic carbocycles. The highest BCUT2D eigenvalue weighted by molar-refractivity contribution is 14.0. The van der Waals surface area contributed by atoms with Crippen LogP contribution < -0.4 is 10.6 Å². The third-order valence-corrected chi connectivity index (χ3v) is 7.35. The van der Waals surface area contributed by atoms with Gasteiger partial charge in [-0.15, -0.1) is 24.0 Å². The van der Waals surface area contributed by atoms with Crippen molar-refractivity contribution in [3.05, 3.63) is 0 Å². The third-order valence-electron chi connectivity index (χ3n) is 5.61. The van der Waals surface area contributed by atoms with Gasteiger partial charge in [-0.05, 0) is 59.3 Å². The van der Waals surface area contributed by atoms with E-state index in [-0.39, 0.29) is 41.4 Å². The lowest BCUT2D eigenvalue weighted by Crippen LogP contribution is -2.53. The minimum atomic E-state index is -0.735. The molecule has 0 radical (unpaired) electrons. The van der Waals surface area contributed by atoms with Crippen LogP contribution in [0.1, 0.15) is 72.6 Å². The van der Waals surface area contributed by atoms with Crippen LogP contribution in [0.2, 0.25) is 0 Å². The lowest BCUT2D eigenvalue weighted by atomic mass is 9.95. The van der Waals surface area contributed by atoms with E-state index in [2.05, 4.69) is 15.6 Å². The molecule has 1 aliphatic heterocycles. The average molecular weight is 557 g/mol. The van der Waals surface area contributed by atoms with Crippen molar-refractivity contribution in [3.63, 3.8) is 0 Å². The van der Waals surface area contributed by atoms with Crippen LogP contribution in [0.25, 0.3) is 0 Å². The molecule has 0 aromatic rings. The summed E-state index contributed by atoms with van der Waals surface area (Å²) >= 11 is 0. The summed E-state index contributed by atoms with van der Waals surface area (Å²) in [6, 6.07) is 0.396. The average Bonchev–Trinajstić information content (AvgIpc) is 2.69. The molecule has 0 aromatic heterocycles. The Kier molecular flexibility index (Phi) is 12.0. The van der Waals surface area contributed by atoms with Crippen LogP contribution in [-0.2, 0) is 15.5 Å². The Labute approximate surface area is 202 Å². The Balaban J connectivity index is 0.00000450. The molecular weight excluding hydrogens is 515 g/mol. The normalized spacial score (nSPS) is 26.4. The van der Waals surface area contributed by atoms with Gasteiger partial charge in [0.05, 0.1) is 6.04 Å². The van der Waals surface area contributed by atoms with E-state index >= 15 is 0 Å². The van der Waals surface area contributed by atoms with Gasteiger partial charge in [0.15, 0.2) is 5.96 Å². The predicted octanol–water partition coefficient (Wildman–Crippen LogP) is 3.64. The number of amides is 1. The highest BCUT2D eigenvalue weighted by Gasteiger charge is 2.31. The molecule has 2 aliphatic rings. The molecule has 4 atom stereocenters. The van der Waals surface area contributed by atoms with Crippen LogP contribution in [0, 0.1) is 0 Å². The number of carbonyl (C=O) groups is 1. The first-order valence-corrected chi connectivity index (χ1v) is 12.5. The molecule has 7 nitrogen and oxygen atoms in total. The van der Waals surface area contributed by atoms with Gasteiger partial charge >= 0.3 is 6.09 Å². The number of ether oxygens (including phenoxy) is 1. The maximum absolute atomic E-state index is 12.6. The van der Waals surface area contributed by atoms with Crippen molar-refractivity contribution in [1.29, 1.82) is 0 Å². The molecule has 1 saturated carbocycles. The third kappa shape index (κ3) is 8.88. The number of rotatable bonds is 5. The van der Waals surface area contributed by atoms with Crippen molar-refractivity contribution in [3.8, 4) is 0 Å². The highest BCUT2D eigenvalue weighted by atomic mass is 127. The van der Waals surface area contributed by atoms with Gasteiger partial charge < -0.3 is 20.3 Å². The molecular formula is C21H41IN4O3S. The first-order valence-electron chi connectivity index (χ1n) is 11.1. The molecule has 0 bridgehead atoms. The summed E-state index contributed by atoms with van der Waals surface area (Å²) in [4.78, 5) is 18.8. The predicted molar refractivity (Wildman–Crippen MR) is 135 cm³/mol.